The molecule has 0 aliphatic carbocycles. The third-order valence-electron chi connectivity index (χ3n) is 5.45. The second kappa shape index (κ2) is 12.2. The van der Waals surface area contributed by atoms with E-state index < -0.39 is 6.10 Å². The van der Waals surface area contributed by atoms with Crippen LogP contribution >= 0.6 is 0 Å². The largest absolute Gasteiger partial charge is 0.489 e. The summed E-state index contributed by atoms with van der Waals surface area (Å²) in [4.78, 5) is 11.5. The van der Waals surface area contributed by atoms with Gasteiger partial charge in [-0.25, -0.2) is 4.79 Å². The summed E-state index contributed by atoms with van der Waals surface area (Å²) in [6.07, 6.45) is 0.0325. The van der Waals surface area contributed by atoms with Crippen molar-refractivity contribution < 1.29 is 24.5 Å². The van der Waals surface area contributed by atoms with Gasteiger partial charge in [-0.1, -0.05) is 48.5 Å². The number of benzene rings is 3. The van der Waals surface area contributed by atoms with Crippen LogP contribution < -0.4 is 10.1 Å². The Morgan fingerprint density at radius 3 is 2.39 bits per heavy atom. The number of hydrogen-bond donors (Lipinski definition) is 3. The fourth-order valence-electron chi connectivity index (χ4n) is 3.56. The summed E-state index contributed by atoms with van der Waals surface area (Å²) in [6.45, 7) is 2.66. The average molecular weight is 450 g/mol. The zero-order chi connectivity index (χ0) is 23.6. The van der Waals surface area contributed by atoms with Gasteiger partial charge in [-0.15, -0.1) is 0 Å². The molecule has 3 rings (SSSR count). The summed E-state index contributed by atoms with van der Waals surface area (Å²) in [5.41, 5.74) is 4.01. The van der Waals surface area contributed by atoms with Gasteiger partial charge >= 0.3 is 5.97 Å². The molecule has 0 aliphatic rings. The molecule has 6 heteroatoms. The maximum Gasteiger partial charge on any atom is 0.337 e. The quantitative estimate of drug-likeness (QED) is 0.386. The van der Waals surface area contributed by atoms with Crippen molar-refractivity contribution in [3.8, 4) is 5.75 Å². The number of aliphatic hydroxyl groups excluding tert-OH is 2. The molecule has 0 radical (unpaired) electrons. The molecule has 3 aromatic carbocycles. The molecule has 0 bridgehead atoms. The van der Waals surface area contributed by atoms with Gasteiger partial charge in [0.05, 0.1) is 25.4 Å². The molecule has 33 heavy (non-hydrogen) atoms. The molecule has 0 amide bonds. The summed E-state index contributed by atoms with van der Waals surface area (Å²) in [5, 5.41) is 23.8. The molecule has 3 aromatic rings. The van der Waals surface area contributed by atoms with Crippen molar-refractivity contribution in [2.75, 3.05) is 13.7 Å². The number of carbonyl (C=O) groups excluding carboxylic acids is 1. The van der Waals surface area contributed by atoms with E-state index in [1.54, 1.807) is 24.3 Å². The van der Waals surface area contributed by atoms with Crippen molar-refractivity contribution in [1.29, 1.82) is 0 Å². The molecule has 3 N–H and O–H groups in total. The van der Waals surface area contributed by atoms with Crippen molar-refractivity contribution in [2.45, 2.75) is 38.7 Å². The van der Waals surface area contributed by atoms with E-state index in [9.17, 15) is 15.0 Å². The van der Waals surface area contributed by atoms with Gasteiger partial charge in [-0.05, 0) is 54.3 Å². The molecule has 0 aliphatic heterocycles. The van der Waals surface area contributed by atoms with Crippen LogP contribution in [0.3, 0.4) is 0 Å². The zero-order valence-corrected chi connectivity index (χ0v) is 19.0. The lowest BCUT2D eigenvalue weighted by molar-refractivity contribution is 0.0600. The Bertz CT molecular complexity index is 1020. The Labute approximate surface area is 194 Å². The lowest BCUT2D eigenvalue weighted by Crippen LogP contribution is -2.32. The molecule has 1 unspecified atom stereocenters. The van der Waals surface area contributed by atoms with Gasteiger partial charge in [0.2, 0.25) is 0 Å². The third kappa shape index (κ3) is 7.15. The molecule has 0 fully saturated rings. The SMILES string of the molecule is COC(=O)c1ccc(C[C@H](C)NCC(O)c2ccc(OCc3ccccc3)c(CO)c2)cc1. The minimum atomic E-state index is -0.720. The van der Waals surface area contributed by atoms with E-state index in [4.69, 9.17) is 9.47 Å². The average Bonchev–Trinajstić information content (AvgIpc) is 2.86. The first-order valence-corrected chi connectivity index (χ1v) is 11.0. The molecule has 0 saturated heterocycles. The Morgan fingerprint density at radius 1 is 1.00 bits per heavy atom. The first-order valence-electron chi connectivity index (χ1n) is 11.0. The zero-order valence-electron chi connectivity index (χ0n) is 19.0. The number of methoxy groups -OCH3 is 1. The van der Waals surface area contributed by atoms with Gasteiger partial charge < -0.3 is 25.0 Å². The predicted molar refractivity (Wildman–Crippen MR) is 127 cm³/mol. The fraction of sp³-hybridized carbons (Fsp3) is 0.296. The minimum Gasteiger partial charge on any atom is -0.489 e. The molecule has 174 valence electrons. The lowest BCUT2D eigenvalue weighted by atomic mass is 10.0. The second-order valence-corrected chi connectivity index (χ2v) is 8.02. The minimum absolute atomic E-state index is 0.120. The summed E-state index contributed by atoms with van der Waals surface area (Å²) < 4.78 is 10.6. The number of esters is 1. The van der Waals surface area contributed by atoms with E-state index in [1.807, 2.05) is 55.5 Å². The Morgan fingerprint density at radius 2 is 1.73 bits per heavy atom. The topological polar surface area (TPSA) is 88.0 Å². The Kier molecular flexibility index (Phi) is 9.01. The highest BCUT2D eigenvalue weighted by atomic mass is 16.5. The maximum atomic E-state index is 11.5. The van der Waals surface area contributed by atoms with Crippen molar-refractivity contribution >= 4 is 5.97 Å². The van der Waals surface area contributed by atoms with Crippen molar-refractivity contribution in [1.82, 2.24) is 5.32 Å². The lowest BCUT2D eigenvalue weighted by Gasteiger charge is -2.19. The number of carbonyl (C=O) groups is 1. The smallest absolute Gasteiger partial charge is 0.337 e. The maximum absolute atomic E-state index is 11.5. The van der Waals surface area contributed by atoms with Gasteiger partial charge in [0, 0.05) is 18.2 Å². The summed E-state index contributed by atoms with van der Waals surface area (Å²) in [5.74, 6) is 0.253. The fourth-order valence-corrected chi connectivity index (χ4v) is 3.56. The van der Waals surface area contributed by atoms with Crippen LogP contribution in [0, 0.1) is 0 Å². The second-order valence-electron chi connectivity index (χ2n) is 8.02. The molecule has 2 atom stereocenters. The first-order chi connectivity index (χ1) is 16.0. The van der Waals surface area contributed by atoms with E-state index in [-0.39, 0.29) is 18.6 Å². The van der Waals surface area contributed by atoms with Crippen LogP contribution in [0.15, 0.2) is 72.8 Å². The number of nitrogens with one attached hydrogen (secondary N) is 1. The van der Waals surface area contributed by atoms with Crippen LogP contribution in [0.5, 0.6) is 5.75 Å². The van der Waals surface area contributed by atoms with Crippen LogP contribution in [-0.4, -0.2) is 35.9 Å². The normalized spacial score (nSPS) is 12.7. The third-order valence-corrected chi connectivity index (χ3v) is 5.45. The Hall–Kier alpha value is -3.19. The van der Waals surface area contributed by atoms with Crippen molar-refractivity contribution in [2.24, 2.45) is 0 Å². The van der Waals surface area contributed by atoms with Crippen LogP contribution in [0.1, 0.15) is 45.6 Å². The van der Waals surface area contributed by atoms with Crippen molar-refractivity contribution in [3.63, 3.8) is 0 Å². The first kappa shape index (κ1) is 24.5. The van der Waals surface area contributed by atoms with E-state index in [0.717, 1.165) is 17.5 Å². The highest BCUT2D eigenvalue weighted by Crippen LogP contribution is 2.25. The molecule has 0 aromatic heterocycles. The highest BCUT2D eigenvalue weighted by Gasteiger charge is 2.13. The van der Waals surface area contributed by atoms with E-state index in [2.05, 4.69) is 5.32 Å². The van der Waals surface area contributed by atoms with Crippen LogP contribution in [0.2, 0.25) is 0 Å². The summed E-state index contributed by atoms with van der Waals surface area (Å²) in [7, 11) is 1.36. The van der Waals surface area contributed by atoms with Gasteiger partial charge in [0.25, 0.3) is 0 Å². The van der Waals surface area contributed by atoms with E-state index in [1.165, 1.54) is 7.11 Å². The molecule has 0 spiro atoms. The number of rotatable bonds is 11. The van der Waals surface area contributed by atoms with Gasteiger partial charge in [0.1, 0.15) is 12.4 Å². The predicted octanol–water partition coefficient (Wildman–Crippen LogP) is 3.80. The number of ether oxygens (including phenoxy) is 2. The van der Waals surface area contributed by atoms with Crippen LogP contribution in [0.25, 0.3) is 0 Å². The molecular formula is C27H31NO5. The van der Waals surface area contributed by atoms with Crippen molar-refractivity contribution in [3.05, 3.63) is 101 Å². The molecule has 0 heterocycles. The van der Waals surface area contributed by atoms with Gasteiger partial charge in [-0.2, -0.15) is 0 Å². The number of aliphatic hydroxyl groups is 2. The van der Waals surface area contributed by atoms with Crippen LogP contribution in [0.4, 0.5) is 0 Å². The highest BCUT2D eigenvalue weighted by molar-refractivity contribution is 5.89. The summed E-state index contributed by atoms with van der Waals surface area (Å²) in [6, 6.07) is 22.7. The molecular weight excluding hydrogens is 418 g/mol. The van der Waals surface area contributed by atoms with Crippen LogP contribution in [-0.2, 0) is 24.4 Å². The molecule has 0 saturated carbocycles. The monoisotopic (exact) mass is 449 g/mol. The van der Waals surface area contributed by atoms with Gasteiger partial charge in [0.15, 0.2) is 0 Å². The van der Waals surface area contributed by atoms with Gasteiger partial charge in [-0.3, -0.25) is 0 Å². The van der Waals surface area contributed by atoms with E-state index >= 15 is 0 Å². The summed E-state index contributed by atoms with van der Waals surface area (Å²) >= 11 is 0. The number of hydrogen-bond acceptors (Lipinski definition) is 6. The molecule has 6 nitrogen and oxygen atoms in total. The Balaban J connectivity index is 1.52. The standard InChI is InChI=1S/C27H31NO5/c1-19(14-20-8-10-22(11-9-20)27(31)32-2)28-16-25(30)23-12-13-26(24(15-23)17-29)33-18-21-6-4-3-5-7-21/h3-13,15,19,25,28-30H,14,16-18H2,1-2H3/t19-,25?/m0/s1. The van der Waals surface area contributed by atoms with E-state index in [0.29, 0.717) is 35.6 Å².